The molecule has 0 saturated heterocycles. The number of halogens is 1. The number of fused-ring (bicyclic) bond motifs is 1. The number of ether oxygens (including phenoxy) is 1. The zero-order valence-corrected chi connectivity index (χ0v) is 10.2. The molecule has 0 spiro atoms. The number of aliphatic hydroxyl groups is 1. The van der Waals surface area contributed by atoms with Crippen molar-refractivity contribution in [1.82, 2.24) is 0 Å². The molecule has 0 unspecified atom stereocenters. The van der Waals surface area contributed by atoms with Crippen LogP contribution in [-0.2, 0) is 9.53 Å². The highest BCUT2D eigenvalue weighted by Crippen LogP contribution is 2.44. The molecule has 0 radical (unpaired) electrons. The quantitative estimate of drug-likeness (QED) is 0.823. The van der Waals surface area contributed by atoms with Gasteiger partial charge in [0.1, 0.15) is 5.92 Å². The number of carbonyl (C=O) groups excluding carboxylic acids is 1. The van der Waals surface area contributed by atoms with Crippen LogP contribution in [0.2, 0.25) is 5.02 Å². The van der Waals surface area contributed by atoms with Gasteiger partial charge in [-0.25, -0.2) is 0 Å². The first-order valence-corrected chi connectivity index (χ1v) is 5.77. The minimum Gasteiger partial charge on any atom is -0.465 e. The van der Waals surface area contributed by atoms with Crippen LogP contribution in [0.15, 0.2) is 24.8 Å². The monoisotopic (exact) mass is 252 g/mol. The topological polar surface area (TPSA) is 46.5 Å². The van der Waals surface area contributed by atoms with E-state index < -0.39 is 18.0 Å². The Bertz CT molecular complexity index is 482. The average Bonchev–Trinajstić information content (AvgIpc) is 2.52. The summed E-state index contributed by atoms with van der Waals surface area (Å²) in [5, 5.41) is 10.6. The lowest BCUT2D eigenvalue weighted by molar-refractivity contribution is -0.148. The van der Waals surface area contributed by atoms with E-state index in [1.165, 1.54) is 0 Å². The largest absolute Gasteiger partial charge is 0.465 e. The molecule has 17 heavy (non-hydrogen) atoms. The Kier molecular flexibility index (Phi) is 3.22. The van der Waals surface area contributed by atoms with E-state index in [1.54, 1.807) is 25.1 Å². The Morgan fingerprint density at radius 1 is 1.59 bits per heavy atom. The molecule has 0 aromatic heterocycles. The number of rotatable bonds is 2. The summed E-state index contributed by atoms with van der Waals surface area (Å²) >= 11 is 5.87. The molecule has 0 saturated carbocycles. The number of benzene rings is 1. The summed E-state index contributed by atoms with van der Waals surface area (Å²) in [6, 6.07) is 5.14. The molecule has 1 N–H and O–H groups in total. The van der Waals surface area contributed by atoms with Crippen molar-refractivity contribution in [3.63, 3.8) is 0 Å². The predicted molar refractivity (Wildman–Crippen MR) is 65.6 cm³/mol. The lowest BCUT2D eigenvalue weighted by Crippen LogP contribution is -2.20. The van der Waals surface area contributed by atoms with Crippen molar-refractivity contribution in [1.29, 1.82) is 0 Å². The lowest BCUT2D eigenvalue weighted by atomic mass is 10.0. The second-order valence-electron chi connectivity index (χ2n) is 3.93. The third-order valence-electron chi connectivity index (χ3n) is 2.91. The van der Waals surface area contributed by atoms with Crippen molar-refractivity contribution < 1.29 is 14.6 Å². The van der Waals surface area contributed by atoms with Gasteiger partial charge >= 0.3 is 5.97 Å². The van der Waals surface area contributed by atoms with Gasteiger partial charge in [-0.2, -0.15) is 0 Å². The van der Waals surface area contributed by atoms with Crippen LogP contribution < -0.4 is 0 Å². The number of esters is 1. The summed E-state index contributed by atoms with van der Waals surface area (Å²) in [7, 11) is 0. The van der Waals surface area contributed by atoms with Crippen molar-refractivity contribution >= 4 is 23.1 Å². The van der Waals surface area contributed by atoms with Gasteiger partial charge in [0, 0.05) is 5.02 Å². The highest BCUT2D eigenvalue weighted by Gasteiger charge is 2.40. The maximum atomic E-state index is 11.7. The van der Waals surface area contributed by atoms with Gasteiger partial charge in [0.05, 0.1) is 12.7 Å². The van der Waals surface area contributed by atoms with Crippen LogP contribution >= 0.6 is 11.6 Å². The highest BCUT2D eigenvalue weighted by molar-refractivity contribution is 6.30. The van der Waals surface area contributed by atoms with Crippen molar-refractivity contribution in [2.24, 2.45) is 5.92 Å². The van der Waals surface area contributed by atoms with E-state index >= 15 is 0 Å². The molecular formula is C13H13ClO3. The van der Waals surface area contributed by atoms with Gasteiger partial charge < -0.3 is 9.84 Å². The van der Waals surface area contributed by atoms with Gasteiger partial charge in [0.15, 0.2) is 0 Å². The first-order valence-electron chi connectivity index (χ1n) is 5.39. The van der Waals surface area contributed by atoms with E-state index in [-0.39, 0.29) is 6.61 Å². The van der Waals surface area contributed by atoms with Crippen molar-refractivity contribution in [3.8, 4) is 0 Å². The molecule has 0 bridgehead atoms. The third kappa shape index (κ3) is 1.96. The maximum absolute atomic E-state index is 11.7. The molecule has 0 fully saturated rings. The molecule has 2 atom stereocenters. The Hall–Kier alpha value is -1.32. The average molecular weight is 253 g/mol. The molecular weight excluding hydrogens is 240 g/mol. The third-order valence-corrected chi connectivity index (χ3v) is 3.14. The molecule has 0 amide bonds. The van der Waals surface area contributed by atoms with E-state index in [2.05, 4.69) is 6.58 Å². The molecule has 3 nitrogen and oxygen atoms in total. The molecule has 0 heterocycles. The zero-order chi connectivity index (χ0) is 12.6. The molecule has 1 aromatic carbocycles. The van der Waals surface area contributed by atoms with E-state index in [1.807, 2.05) is 0 Å². The summed E-state index contributed by atoms with van der Waals surface area (Å²) in [6.45, 7) is 5.87. The normalized spacial score (nSPS) is 22.4. The number of aliphatic hydroxyl groups excluding tert-OH is 1. The Morgan fingerprint density at radius 3 is 2.94 bits per heavy atom. The summed E-state index contributed by atoms with van der Waals surface area (Å²) in [5.41, 5.74) is 2.00. The van der Waals surface area contributed by atoms with Gasteiger partial charge in [-0.3, -0.25) is 4.79 Å². The maximum Gasteiger partial charge on any atom is 0.316 e. The fourth-order valence-electron chi connectivity index (χ4n) is 2.11. The van der Waals surface area contributed by atoms with Gasteiger partial charge in [-0.15, -0.1) is 0 Å². The van der Waals surface area contributed by atoms with E-state index in [4.69, 9.17) is 16.3 Å². The van der Waals surface area contributed by atoms with Crippen molar-refractivity contribution in [2.45, 2.75) is 13.0 Å². The second kappa shape index (κ2) is 4.51. The number of hydrogen-bond acceptors (Lipinski definition) is 3. The Balaban J connectivity index is 2.38. The highest BCUT2D eigenvalue weighted by atomic mass is 35.5. The number of hydrogen-bond donors (Lipinski definition) is 1. The first kappa shape index (κ1) is 12.1. The van der Waals surface area contributed by atoms with Gasteiger partial charge in [-0.1, -0.05) is 24.2 Å². The summed E-state index contributed by atoms with van der Waals surface area (Å²) in [6.07, 6.45) is -0.921. The Morgan fingerprint density at radius 2 is 2.29 bits per heavy atom. The van der Waals surface area contributed by atoms with Crippen LogP contribution in [-0.4, -0.2) is 17.7 Å². The minimum absolute atomic E-state index is 0.284. The fraction of sp³-hybridized carbons (Fsp3) is 0.308. The van der Waals surface area contributed by atoms with Crippen molar-refractivity contribution in [3.05, 3.63) is 40.9 Å². The van der Waals surface area contributed by atoms with Crippen LogP contribution in [0.1, 0.15) is 24.2 Å². The summed E-state index contributed by atoms with van der Waals surface area (Å²) < 4.78 is 4.94. The van der Waals surface area contributed by atoms with Crippen LogP contribution in [0.5, 0.6) is 0 Å². The van der Waals surface area contributed by atoms with Gasteiger partial charge in [0.2, 0.25) is 0 Å². The van der Waals surface area contributed by atoms with E-state index in [9.17, 15) is 9.90 Å². The van der Waals surface area contributed by atoms with Crippen LogP contribution in [0.25, 0.3) is 5.57 Å². The van der Waals surface area contributed by atoms with Crippen LogP contribution in [0.3, 0.4) is 0 Å². The number of carbonyl (C=O) groups is 1. The summed E-state index contributed by atoms with van der Waals surface area (Å²) in [4.78, 5) is 11.7. The molecule has 90 valence electrons. The second-order valence-corrected chi connectivity index (χ2v) is 4.37. The van der Waals surface area contributed by atoms with Crippen LogP contribution in [0, 0.1) is 5.92 Å². The zero-order valence-electron chi connectivity index (χ0n) is 9.44. The fourth-order valence-corrected chi connectivity index (χ4v) is 2.29. The molecule has 1 aromatic rings. The van der Waals surface area contributed by atoms with E-state index in [0.717, 1.165) is 5.56 Å². The predicted octanol–water partition coefficient (Wildman–Crippen LogP) is 2.58. The first-order chi connectivity index (χ1) is 8.06. The molecule has 2 rings (SSSR count). The van der Waals surface area contributed by atoms with Gasteiger partial charge in [0.25, 0.3) is 0 Å². The minimum atomic E-state index is -0.921. The SMILES string of the molecule is C=C1c2ccc(Cl)cc2[C@@H](O)[C@H]1C(=O)OCC. The van der Waals surface area contributed by atoms with Crippen molar-refractivity contribution in [2.75, 3.05) is 6.61 Å². The summed E-state index contributed by atoms with van der Waals surface area (Å²) in [5.74, 6) is -1.17. The van der Waals surface area contributed by atoms with Crippen LogP contribution in [0.4, 0.5) is 0 Å². The standard InChI is InChI=1S/C13H13ClO3/c1-3-17-13(16)11-7(2)9-5-4-8(14)6-10(9)12(11)15/h4-6,11-12,15H,2-3H2,1H3/t11-,12+/m0/s1. The molecule has 1 aliphatic carbocycles. The Labute approximate surface area is 105 Å². The van der Waals surface area contributed by atoms with E-state index in [0.29, 0.717) is 16.2 Å². The lowest BCUT2D eigenvalue weighted by Gasteiger charge is -2.14. The molecule has 4 heteroatoms. The molecule has 0 aliphatic heterocycles. The molecule has 1 aliphatic rings. The van der Waals surface area contributed by atoms with Gasteiger partial charge in [-0.05, 0) is 35.8 Å². The smallest absolute Gasteiger partial charge is 0.316 e.